The topological polar surface area (TPSA) is 44.5 Å². The van der Waals surface area contributed by atoms with Crippen LogP contribution in [0.2, 0.25) is 0 Å². The Labute approximate surface area is 96.5 Å². The van der Waals surface area contributed by atoms with Crippen LogP contribution in [-0.2, 0) is 11.2 Å². The van der Waals surface area contributed by atoms with E-state index in [1.807, 2.05) is 18.2 Å². The zero-order chi connectivity index (χ0) is 11.4. The van der Waals surface area contributed by atoms with Crippen molar-refractivity contribution in [3.63, 3.8) is 0 Å². The Bertz CT molecular complexity index is 315. The third kappa shape index (κ3) is 2.54. The van der Waals surface area contributed by atoms with E-state index in [9.17, 15) is 0 Å². The lowest BCUT2D eigenvalue weighted by atomic mass is 10.1. The van der Waals surface area contributed by atoms with E-state index in [-0.39, 0.29) is 12.1 Å². The summed E-state index contributed by atoms with van der Waals surface area (Å²) in [6, 6.07) is 8.06. The molecular weight excluding hydrogens is 202 g/mol. The van der Waals surface area contributed by atoms with Gasteiger partial charge in [-0.05, 0) is 18.1 Å². The highest BCUT2D eigenvalue weighted by atomic mass is 16.5. The van der Waals surface area contributed by atoms with Crippen LogP contribution in [0.4, 0.5) is 0 Å². The van der Waals surface area contributed by atoms with E-state index >= 15 is 0 Å². The highest BCUT2D eigenvalue weighted by molar-refractivity contribution is 5.37. The van der Waals surface area contributed by atoms with Crippen molar-refractivity contribution in [1.82, 2.24) is 0 Å². The van der Waals surface area contributed by atoms with Crippen molar-refractivity contribution in [1.29, 1.82) is 0 Å². The molecule has 0 fully saturated rings. The van der Waals surface area contributed by atoms with Gasteiger partial charge in [0.05, 0.1) is 12.6 Å². The average molecular weight is 221 g/mol. The van der Waals surface area contributed by atoms with Crippen LogP contribution in [0, 0.1) is 0 Å². The Balaban J connectivity index is 1.86. The first kappa shape index (κ1) is 11.4. The summed E-state index contributed by atoms with van der Waals surface area (Å²) in [7, 11) is 0. The first-order chi connectivity index (χ1) is 7.81. The maximum atomic E-state index is 6.05. The van der Waals surface area contributed by atoms with Gasteiger partial charge in [0.2, 0.25) is 0 Å². The van der Waals surface area contributed by atoms with E-state index in [2.05, 4.69) is 13.0 Å². The third-order valence-corrected chi connectivity index (χ3v) is 2.81. The zero-order valence-corrected chi connectivity index (χ0v) is 9.69. The smallest absolute Gasteiger partial charge is 0.123 e. The highest BCUT2D eigenvalue weighted by Gasteiger charge is 2.27. The molecule has 0 saturated carbocycles. The van der Waals surface area contributed by atoms with Crippen LogP contribution in [0.25, 0.3) is 0 Å². The van der Waals surface area contributed by atoms with E-state index in [0.717, 1.165) is 25.2 Å². The molecule has 3 nitrogen and oxygen atoms in total. The fourth-order valence-corrected chi connectivity index (χ4v) is 1.92. The van der Waals surface area contributed by atoms with Crippen LogP contribution in [-0.4, -0.2) is 25.4 Å². The number of ether oxygens (including phenoxy) is 2. The Hall–Kier alpha value is -1.06. The minimum atomic E-state index is -0.0426. The van der Waals surface area contributed by atoms with Crippen LogP contribution < -0.4 is 10.5 Å². The van der Waals surface area contributed by atoms with E-state index in [0.29, 0.717) is 6.61 Å². The molecule has 1 heterocycles. The lowest BCUT2D eigenvalue weighted by Crippen LogP contribution is -2.41. The predicted molar refractivity (Wildman–Crippen MR) is 63.6 cm³/mol. The largest absolute Gasteiger partial charge is 0.488 e. The quantitative estimate of drug-likeness (QED) is 0.770. The number of nitrogens with two attached hydrogens (primary N) is 1. The molecule has 2 rings (SSSR count). The normalized spacial score (nSPS) is 20.2. The first-order valence-electron chi connectivity index (χ1n) is 5.89. The van der Waals surface area contributed by atoms with Crippen LogP contribution in [0.5, 0.6) is 5.75 Å². The second-order valence-electron chi connectivity index (χ2n) is 4.21. The van der Waals surface area contributed by atoms with Gasteiger partial charge in [-0.15, -0.1) is 0 Å². The monoisotopic (exact) mass is 221 g/mol. The minimum absolute atomic E-state index is 0.0426. The van der Waals surface area contributed by atoms with Gasteiger partial charge in [0.15, 0.2) is 0 Å². The molecule has 3 heteroatoms. The molecule has 2 unspecified atom stereocenters. The molecule has 0 amide bonds. The summed E-state index contributed by atoms with van der Waals surface area (Å²) in [6.45, 7) is 3.44. The molecule has 2 atom stereocenters. The van der Waals surface area contributed by atoms with Gasteiger partial charge in [-0.1, -0.05) is 25.1 Å². The molecule has 1 aliphatic rings. The Morgan fingerprint density at radius 3 is 3.06 bits per heavy atom. The molecule has 0 saturated heterocycles. The molecule has 0 bridgehead atoms. The fraction of sp³-hybridized carbons (Fsp3) is 0.538. The summed E-state index contributed by atoms with van der Waals surface area (Å²) >= 11 is 0. The van der Waals surface area contributed by atoms with E-state index in [1.54, 1.807) is 0 Å². The average Bonchev–Trinajstić information content (AvgIpc) is 2.73. The number of rotatable bonds is 5. The highest BCUT2D eigenvalue weighted by Crippen LogP contribution is 2.29. The van der Waals surface area contributed by atoms with E-state index in [1.165, 1.54) is 5.56 Å². The number of hydrogen-bond acceptors (Lipinski definition) is 3. The lowest BCUT2D eigenvalue weighted by molar-refractivity contribution is 0.0819. The first-order valence-corrected chi connectivity index (χ1v) is 5.89. The van der Waals surface area contributed by atoms with Gasteiger partial charge in [-0.3, -0.25) is 0 Å². The van der Waals surface area contributed by atoms with Crippen LogP contribution in [0.1, 0.15) is 18.9 Å². The van der Waals surface area contributed by atoms with Crippen LogP contribution in [0.15, 0.2) is 24.3 Å². The van der Waals surface area contributed by atoms with Gasteiger partial charge in [-0.25, -0.2) is 0 Å². The van der Waals surface area contributed by atoms with Crippen LogP contribution in [0.3, 0.4) is 0 Å². The molecule has 16 heavy (non-hydrogen) atoms. The maximum Gasteiger partial charge on any atom is 0.123 e. The third-order valence-electron chi connectivity index (χ3n) is 2.81. The number of para-hydroxylation sites is 1. The van der Waals surface area contributed by atoms with E-state index in [4.69, 9.17) is 15.2 Å². The van der Waals surface area contributed by atoms with Crippen LogP contribution >= 0.6 is 0 Å². The maximum absolute atomic E-state index is 6.05. The number of benzene rings is 1. The summed E-state index contributed by atoms with van der Waals surface area (Å²) in [4.78, 5) is 0. The Morgan fingerprint density at radius 1 is 1.50 bits per heavy atom. The Kier molecular flexibility index (Phi) is 3.80. The molecule has 1 aromatic rings. The predicted octanol–water partition coefficient (Wildman–Crippen LogP) is 1.74. The van der Waals surface area contributed by atoms with Crippen molar-refractivity contribution in [3.8, 4) is 5.75 Å². The van der Waals surface area contributed by atoms with Crippen molar-refractivity contribution in [2.24, 2.45) is 5.73 Å². The molecule has 88 valence electrons. The molecule has 0 aliphatic carbocycles. The van der Waals surface area contributed by atoms with Gasteiger partial charge in [-0.2, -0.15) is 0 Å². The molecule has 2 N–H and O–H groups in total. The van der Waals surface area contributed by atoms with Crippen molar-refractivity contribution in [3.05, 3.63) is 29.8 Å². The summed E-state index contributed by atoms with van der Waals surface area (Å²) in [6.07, 6.45) is 1.99. The fourth-order valence-electron chi connectivity index (χ4n) is 1.92. The van der Waals surface area contributed by atoms with Gasteiger partial charge in [0.25, 0.3) is 0 Å². The minimum Gasteiger partial charge on any atom is -0.488 e. The van der Waals surface area contributed by atoms with Crippen molar-refractivity contribution in [2.45, 2.75) is 31.9 Å². The lowest BCUT2D eigenvalue weighted by Gasteiger charge is -2.18. The summed E-state index contributed by atoms with van der Waals surface area (Å²) in [5.74, 6) is 0.971. The molecule has 0 spiro atoms. The van der Waals surface area contributed by atoms with Crippen molar-refractivity contribution >= 4 is 0 Å². The van der Waals surface area contributed by atoms with Gasteiger partial charge >= 0.3 is 0 Å². The standard InChI is InChI=1S/C13H19NO2/c1-2-7-15-9-11(14)13-8-10-5-3-4-6-12(10)16-13/h3-6,11,13H,2,7-9,14H2,1H3. The van der Waals surface area contributed by atoms with Gasteiger partial charge in [0.1, 0.15) is 11.9 Å². The summed E-state index contributed by atoms with van der Waals surface area (Å²) < 4.78 is 11.2. The Morgan fingerprint density at radius 2 is 2.31 bits per heavy atom. The SMILES string of the molecule is CCCOCC(N)C1Cc2ccccc2O1. The summed E-state index contributed by atoms with van der Waals surface area (Å²) in [5.41, 5.74) is 7.30. The molecular formula is C13H19NO2. The zero-order valence-electron chi connectivity index (χ0n) is 9.69. The van der Waals surface area contributed by atoms with Crippen molar-refractivity contribution in [2.75, 3.05) is 13.2 Å². The van der Waals surface area contributed by atoms with Crippen molar-refractivity contribution < 1.29 is 9.47 Å². The molecule has 0 aromatic heterocycles. The molecule has 1 aromatic carbocycles. The second kappa shape index (κ2) is 5.32. The molecule has 1 aliphatic heterocycles. The van der Waals surface area contributed by atoms with Gasteiger partial charge in [0, 0.05) is 13.0 Å². The second-order valence-corrected chi connectivity index (χ2v) is 4.21. The van der Waals surface area contributed by atoms with E-state index < -0.39 is 0 Å². The molecule has 0 radical (unpaired) electrons. The van der Waals surface area contributed by atoms with Gasteiger partial charge < -0.3 is 15.2 Å². The summed E-state index contributed by atoms with van der Waals surface area (Å²) in [5, 5.41) is 0. The number of fused-ring (bicyclic) bond motifs is 1. The number of hydrogen-bond donors (Lipinski definition) is 1.